The van der Waals surface area contributed by atoms with Crippen LogP contribution in [0.5, 0.6) is 23.0 Å². The van der Waals surface area contributed by atoms with Gasteiger partial charge in [-0.3, -0.25) is 0 Å². The first kappa shape index (κ1) is 28.1. The van der Waals surface area contributed by atoms with Crippen molar-refractivity contribution in [2.75, 3.05) is 14.2 Å². The zero-order valence-electron chi connectivity index (χ0n) is 21.3. The lowest BCUT2D eigenvalue weighted by Crippen LogP contribution is -2.23. The Morgan fingerprint density at radius 1 is 0.538 bits per heavy atom. The molecule has 0 radical (unpaired) electrons. The van der Waals surface area contributed by atoms with Gasteiger partial charge in [0.15, 0.2) is 0 Å². The van der Waals surface area contributed by atoms with E-state index in [1.54, 1.807) is 36.4 Å². The second-order valence-corrected chi connectivity index (χ2v) is 11.9. The largest absolute Gasteiger partial charge is 0.496 e. The SMILES string of the molecule is COc1ccccc1CNS(=O)(=O)c1ccc(Oc2ccc(S(=O)(=O)NCc3ccccc3OC)cc2)cc1. The normalized spacial score (nSPS) is 11.6. The molecule has 39 heavy (non-hydrogen) atoms. The highest BCUT2D eigenvalue weighted by atomic mass is 32.2. The van der Waals surface area contributed by atoms with Gasteiger partial charge in [0.05, 0.1) is 24.0 Å². The molecule has 0 atom stereocenters. The number of sulfonamides is 2. The summed E-state index contributed by atoms with van der Waals surface area (Å²) in [6.07, 6.45) is 0. The summed E-state index contributed by atoms with van der Waals surface area (Å²) >= 11 is 0. The summed E-state index contributed by atoms with van der Waals surface area (Å²) in [4.78, 5) is 0.152. The van der Waals surface area contributed by atoms with Crippen LogP contribution in [0, 0.1) is 0 Å². The third-order valence-corrected chi connectivity index (χ3v) is 8.63. The molecular formula is C28H28N2O7S2. The van der Waals surface area contributed by atoms with E-state index in [0.29, 0.717) is 34.1 Å². The average molecular weight is 569 g/mol. The maximum Gasteiger partial charge on any atom is 0.240 e. The fourth-order valence-electron chi connectivity index (χ4n) is 3.72. The van der Waals surface area contributed by atoms with E-state index in [0.717, 1.165) is 0 Å². The maximum atomic E-state index is 12.7. The minimum Gasteiger partial charge on any atom is -0.496 e. The lowest BCUT2D eigenvalue weighted by atomic mass is 10.2. The molecule has 9 nitrogen and oxygen atoms in total. The highest BCUT2D eigenvalue weighted by Gasteiger charge is 2.17. The van der Waals surface area contributed by atoms with Gasteiger partial charge in [0.25, 0.3) is 0 Å². The Labute approximate surface area is 228 Å². The van der Waals surface area contributed by atoms with E-state index in [4.69, 9.17) is 14.2 Å². The predicted molar refractivity (Wildman–Crippen MR) is 147 cm³/mol. The van der Waals surface area contributed by atoms with Gasteiger partial charge in [0.1, 0.15) is 23.0 Å². The summed E-state index contributed by atoms with van der Waals surface area (Å²) < 4.78 is 72.3. The zero-order valence-corrected chi connectivity index (χ0v) is 23.0. The van der Waals surface area contributed by atoms with E-state index >= 15 is 0 Å². The summed E-state index contributed by atoms with van der Waals surface area (Å²) in [6.45, 7) is 0.154. The van der Waals surface area contributed by atoms with Crippen LogP contribution in [0.15, 0.2) is 107 Å². The summed E-state index contributed by atoms with van der Waals surface area (Å²) in [6, 6.07) is 26.1. The van der Waals surface area contributed by atoms with Gasteiger partial charge in [-0.05, 0) is 60.7 Å². The van der Waals surface area contributed by atoms with Gasteiger partial charge in [-0.2, -0.15) is 0 Å². The van der Waals surface area contributed by atoms with Gasteiger partial charge in [0.2, 0.25) is 20.0 Å². The van der Waals surface area contributed by atoms with Gasteiger partial charge in [-0.1, -0.05) is 36.4 Å². The third-order valence-electron chi connectivity index (χ3n) is 5.79. The molecule has 0 aliphatic heterocycles. The van der Waals surface area contributed by atoms with Gasteiger partial charge < -0.3 is 14.2 Å². The van der Waals surface area contributed by atoms with E-state index in [1.165, 1.54) is 62.8 Å². The van der Waals surface area contributed by atoms with Crippen molar-refractivity contribution in [2.24, 2.45) is 0 Å². The van der Waals surface area contributed by atoms with Crippen molar-refractivity contribution < 1.29 is 31.0 Å². The number of hydrogen-bond donors (Lipinski definition) is 2. The highest BCUT2D eigenvalue weighted by molar-refractivity contribution is 7.89. The topological polar surface area (TPSA) is 120 Å². The van der Waals surface area contributed by atoms with Crippen LogP contribution in [0.25, 0.3) is 0 Å². The fraction of sp³-hybridized carbons (Fsp3) is 0.143. The smallest absolute Gasteiger partial charge is 0.240 e. The first-order chi connectivity index (χ1) is 18.7. The van der Waals surface area contributed by atoms with Crippen LogP contribution >= 0.6 is 0 Å². The molecule has 11 heteroatoms. The van der Waals surface area contributed by atoms with Crippen molar-refractivity contribution in [3.8, 4) is 23.0 Å². The molecule has 2 N–H and O–H groups in total. The lowest BCUT2D eigenvalue weighted by Gasteiger charge is -2.12. The standard InChI is InChI=1S/C28H28N2O7S2/c1-35-27-9-5-3-7-21(27)19-29-38(31,32)25-15-11-23(12-16-25)37-24-13-17-26(18-14-24)39(33,34)30-20-22-8-4-6-10-28(22)36-2/h3-18,29-30H,19-20H2,1-2H3. The average Bonchev–Trinajstić information content (AvgIpc) is 2.96. The Balaban J connectivity index is 1.37. The molecule has 0 bridgehead atoms. The first-order valence-electron chi connectivity index (χ1n) is 11.8. The highest BCUT2D eigenvalue weighted by Crippen LogP contribution is 2.25. The Bertz CT molecular complexity index is 1500. The lowest BCUT2D eigenvalue weighted by molar-refractivity contribution is 0.409. The van der Waals surface area contributed by atoms with Gasteiger partial charge in [-0.25, -0.2) is 26.3 Å². The van der Waals surface area contributed by atoms with E-state index in [2.05, 4.69) is 9.44 Å². The summed E-state index contributed by atoms with van der Waals surface area (Å²) in [5.74, 6) is 1.97. The summed E-state index contributed by atoms with van der Waals surface area (Å²) in [5, 5.41) is 0. The molecule has 0 unspecified atom stereocenters. The van der Waals surface area contributed by atoms with E-state index in [9.17, 15) is 16.8 Å². The second-order valence-electron chi connectivity index (χ2n) is 8.32. The van der Waals surface area contributed by atoms with E-state index < -0.39 is 20.0 Å². The molecule has 0 saturated heterocycles. The van der Waals surface area contributed by atoms with Crippen molar-refractivity contribution in [1.29, 1.82) is 0 Å². The maximum absolute atomic E-state index is 12.7. The quantitative estimate of drug-likeness (QED) is 0.259. The van der Waals surface area contributed by atoms with Crippen LogP contribution in [-0.2, 0) is 33.1 Å². The zero-order chi connectivity index (χ0) is 27.9. The van der Waals surface area contributed by atoms with Crippen molar-refractivity contribution in [1.82, 2.24) is 9.44 Å². The van der Waals surface area contributed by atoms with Crippen molar-refractivity contribution in [3.05, 3.63) is 108 Å². The molecule has 4 aromatic rings. The third kappa shape index (κ3) is 7.15. The van der Waals surface area contributed by atoms with Crippen LogP contribution < -0.4 is 23.7 Å². The molecule has 0 fully saturated rings. The monoisotopic (exact) mass is 568 g/mol. The Kier molecular flexibility index (Phi) is 8.87. The number of benzene rings is 4. The molecule has 0 saturated carbocycles. The number of para-hydroxylation sites is 2. The van der Waals surface area contributed by atoms with Gasteiger partial charge in [0, 0.05) is 24.2 Å². The Morgan fingerprint density at radius 2 is 0.897 bits per heavy atom. The molecular weight excluding hydrogens is 540 g/mol. The van der Waals surface area contributed by atoms with Gasteiger partial charge in [-0.15, -0.1) is 0 Å². The van der Waals surface area contributed by atoms with E-state index in [1.807, 2.05) is 12.1 Å². The first-order valence-corrected chi connectivity index (χ1v) is 14.8. The number of methoxy groups -OCH3 is 2. The van der Waals surface area contributed by atoms with Crippen molar-refractivity contribution in [2.45, 2.75) is 22.9 Å². The van der Waals surface area contributed by atoms with Crippen LogP contribution in [0.4, 0.5) is 0 Å². The molecule has 0 amide bonds. The summed E-state index contributed by atoms with van der Waals surface area (Å²) in [5.41, 5.74) is 1.42. The van der Waals surface area contributed by atoms with Crippen LogP contribution in [0.3, 0.4) is 0 Å². The van der Waals surface area contributed by atoms with Crippen LogP contribution in [-0.4, -0.2) is 31.1 Å². The number of ether oxygens (including phenoxy) is 3. The van der Waals surface area contributed by atoms with Crippen molar-refractivity contribution in [3.63, 3.8) is 0 Å². The molecule has 204 valence electrons. The molecule has 0 spiro atoms. The fourth-order valence-corrected chi connectivity index (χ4v) is 5.73. The minimum absolute atomic E-state index is 0.0762. The molecule has 0 heterocycles. The second kappa shape index (κ2) is 12.3. The molecule has 4 rings (SSSR count). The van der Waals surface area contributed by atoms with Gasteiger partial charge >= 0.3 is 0 Å². The Hall–Kier alpha value is -3.90. The number of hydrogen-bond acceptors (Lipinski definition) is 7. The number of nitrogens with one attached hydrogen (secondary N) is 2. The molecule has 0 aromatic heterocycles. The number of rotatable bonds is 12. The van der Waals surface area contributed by atoms with E-state index in [-0.39, 0.29) is 22.9 Å². The molecule has 0 aliphatic carbocycles. The van der Waals surface area contributed by atoms with Crippen molar-refractivity contribution >= 4 is 20.0 Å². The summed E-state index contributed by atoms with van der Waals surface area (Å²) in [7, 11) is -4.48. The minimum atomic E-state index is -3.77. The van der Waals surface area contributed by atoms with Crippen LogP contribution in [0.1, 0.15) is 11.1 Å². The Morgan fingerprint density at radius 3 is 1.26 bits per heavy atom. The molecule has 4 aromatic carbocycles. The predicted octanol–water partition coefficient (Wildman–Crippen LogP) is 4.45. The molecule has 0 aliphatic rings. The van der Waals surface area contributed by atoms with Crippen LogP contribution in [0.2, 0.25) is 0 Å².